The quantitative estimate of drug-likeness (QED) is 0.183. The second-order valence-electron chi connectivity index (χ2n) is 8.46. The number of benzene rings is 1. The van der Waals surface area contributed by atoms with E-state index in [-0.39, 0.29) is 0 Å². The zero-order chi connectivity index (χ0) is 23.4. The minimum atomic E-state index is -0.788. The summed E-state index contributed by atoms with van der Waals surface area (Å²) in [5.41, 5.74) is 0.222. The lowest BCUT2D eigenvalue weighted by Crippen LogP contribution is -2.49. The highest BCUT2D eigenvalue weighted by molar-refractivity contribution is 14.1. The molecule has 31 heavy (non-hydrogen) atoms. The van der Waals surface area contributed by atoms with E-state index in [2.05, 4.69) is 29.5 Å². The summed E-state index contributed by atoms with van der Waals surface area (Å²) in [7, 11) is 0. The van der Waals surface area contributed by atoms with E-state index in [4.69, 9.17) is 14.2 Å². The highest BCUT2D eigenvalue weighted by Crippen LogP contribution is 2.25. The van der Waals surface area contributed by atoms with Crippen LogP contribution in [-0.4, -0.2) is 48.4 Å². The van der Waals surface area contributed by atoms with Gasteiger partial charge in [-0.15, -0.1) is 0 Å². The summed E-state index contributed by atoms with van der Waals surface area (Å²) in [6.45, 7) is 12.7. The van der Waals surface area contributed by atoms with E-state index in [1.165, 1.54) is 4.90 Å². The largest absolute Gasteiger partial charge is 0.493 e. The van der Waals surface area contributed by atoms with E-state index in [1.807, 2.05) is 52.8 Å². The molecular formula is C24H38INO5. The van der Waals surface area contributed by atoms with Crippen LogP contribution in [0.5, 0.6) is 5.75 Å². The number of likely N-dealkylation sites (N-methyl/N-ethyl adjacent to an activating group) is 1. The zero-order valence-electron chi connectivity index (χ0n) is 19.8. The van der Waals surface area contributed by atoms with Crippen LogP contribution in [0.15, 0.2) is 18.2 Å². The van der Waals surface area contributed by atoms with Crippen molar-refractivity contribution in [3.05, 3.63) is 27.3 Å². The second-order valence-corrected chi connectivity index (χ2v) is 9.71. The third kappa shape index (κ3) is 10.1. The van der Waals surface area contributed by atoms with Crippen molar-refractivity contribution in [2.45, 2.75) is 85.3 Å². The molecule has 176 valence electrons. The minimum Gasteiger partial charge on any atom is -0.493 e. The van der Waals surface area contributed by atoms with Crippen LogP contribution >= 0.6 is 22.6 Å². The Kier molecular flexibility index (Phi) is 12.3. The van der Waals surface area contributed by atoms with Gasteiger partial charge in [-0.05, 0) is 86.9 Å². The maximum absolute atomic E-state index is 13.0. The van der Waals surface area contributed by atoms with Crippen LogP contribution in [0, 0.1) is 3.57 Å². The molecule has 6 nitrogen and oxygen atoms in total. The summed E-state index contributed by atoms with van der Waals surface area (Å²) >= 11 is 2.24. The monoisotopic (exact) mass is 547 g/mol. The van der Waals surface area contributed by atoms with Crippen LogP contribution in [0.1, 0.15) is 72.8 Å². The van der Waals surface area contributed by atoms with Gasteiger partial charge in [-0.2, -0.15) is 0 Å². The Morgan fingerprint density at radius 1 is 1.06 bits per heavy atom. The number of unbranched alkanes of at least 4 members (excludes halogenated alkanes) is 2. The lowest BCUT2D eigenvalue weighted by molar-refractivity contribution is -0.150. The fourth-order valence-corrected chi connectivity index (χ4v) is 3.47. The van der Waals surface area contributed by atoms with Gasteiger partial charge in [0.05, 0.1) is 13.2 Å². The van der Waals surface area contributed by atoms with Crippen LogP contribution in [0.2, 0.25) is 0 Å². The molecule has 0 N–H and O–H groups in total. The second kappa shape index (κ2) is 13.8. The molecule has 0 heterocycles. The molecular weight excluding hydrogens is 509 g/mol. The first-order chi connectivity index (χ1) is 14.6. The number of hydrogen-bond acceptors (Lipinski definition) is 5. The van der Waals surface area contributed by atoms with Gasteiger partial charge in [-0.25, -0.2) is 9.59 Å². The van der Waals surface area contributed by atoms with Gasteiger partial charge in [0, 0.05) is 16.5 Å². The fraction of sp³-hybridized carbons (Fsp3) is 0.667. The number of esters is 1. The van der Waals surface area contributed by atoms with Crippen molar-refractivity contribution in [2.75, 3.05) is 19.8 Å². The Balaban J connectivity index is 3.20. The van der Waals surface area contributed by atoms with Crippen LogP contribution in [0.3, 0.4) is 0 Å². The Morgan fingerprint density at radius 3 is 2.29 bits per heavy atom. The van der Waals surface area contributed by atoms with Gasteiger partial charge in [0.25, 0.3) is 0 Å². The average Bonchev–Trinajstić information content (AvgIpc) is 2.68. The predicted molar refractivity (Wildman–Crippen MR) is 132 cm³/mol. The van der Waals surface area contributed by atoms with Crippen LogP contribution in [-0.2, 0) is 20.7 Å². The van der Waals surface area contributed by atoms with Gasteiger partial charge < -0.3 is 14.2 Å². The van der Waals surface area contributed by atoms with Crippen LogP contribution < -0.4 is 4.74 Å². The molecule has 0 aliphatic rings. The Labute approximate surface area is 201 Å². The molecule has 7 heteroatoms. The number of carbonyl (C=O) groups is 2. The molecule has 1 atom stereocenters. The molecule has 1 aromatic carbocycles. The van der Waals surface area contributed by atoms with E-state index in [0.717, 1.165) is 40.6 Å². The Bertz CT molecular complexity index is 702. The first kappa shape index (κ1) is 27.5. The minimum absolute atomic E-state index is 0.302. The molecule has 0 saturated carbocycles. The van der Waals surface area contributed by atoms with E-state index >= 15 is 0 Å². The van der Waals surface area contributed by atoms with Gasteiger partial charge in [-0.3, -0.25) is 4.90 Å². The molecule has 1 amide bonds. The lowest BCUT2D eigenvalue weighted by atomic mass is 10.0. The van der Waals surface area contributed by atoms with Crippen LogP contribution in [0.25, 0.3) is 0 Å². The smallest absolute Gasteiger partial charge is 0.411 e. The van der Waals surface area contributed by atoms with E-state index in [9.17, 15) is 9.59 Å². The topological polar surface area (TPSA) is 65.1 Å². The number of halogens is 1. The first-order valence-corrected chi connectivity index (χ1v) is 12.3. The average molecular weight is 547 g/mol. The van der Waals surface area contributed by atoms with Crippen molar-refractivity contribution in [1.29, 1.82) is 0 Å². The molecule has 0 unspecified atom stereocenters. The third-order valence-electron chi connectivity index (χ3n) is 4.55. The van der Waals surface area contributed by atoms with Crippen molar-refractivity contribution < 1.29 is 23.8 Å². The van der Waals surface area contributed by atoms with Gasteiger partial charge in [-0.1, -0.05) is 26.7 Å². The summed E-state index contributed by atoms with van der Waals surface area (Å²) in [4.78, 5) is 27.4. The Morgan fingerprint density at radius 2 is 1.71 bits per heavy atom. The zero-order valence-corrected chi connectivity index (χ0v) is 22.0. The SMILES string of the molecule is CCCCOC(=O)[C@H](Cc1cc(I)ccc1OCCCC)N(CC)C(=O)OC(C)(C)C. The van der Waals surface area contributed by atoms with E-state index in [1.54, 1.807) is 0 Å². The fourth-order valence-electron chi connectivity index (χ4n) is 2.91. The van der Waals surface area contributed by atoms with Gasteiger partial charge in [0.2, 0.25) is 0 Å². The Hall–Kier alpha value is -1.51. The number of nitrogens with zero attached hydrogens (tertiary/aromatic N) is 1. The summed E-state index contributed by atoms with van der Waals surface area (Å²) in [6, 6.07) is 5.11. The normalized spacial score (nSPS) is 12.2. The maximum Gasteiger partial charge on any atom is 0.411 e. The summed E-state index contributed by atoms with van der Waals surface area (Å²) in [6.07, 6.45) is 3.48. The van der Waals surface area contributed by atoms with Crippen molar-refractivity contribution in [2.24, 2.45) is 0 Å². The molecule has 0 fully saturated rings. The van der Waals surface area contributed by atoms with Crippen LogP contribution in [0.4, 0.5) is 4.79 Å². The third-order valence-corrected chi connectivity index (χ3v) is 5.22. The molecule has 1 rings (SSSR count). The van der Waals surface area contributed by atoms with E-state index in [0.29, 0.717) is 26.2 Å². The van der Waals surface area contributed by atoms with Gasteiger partial charge >= 0.3 is 12.1 Å². The molecule has 0 radical (unpaired) electrons. The summed E-state index contributed by atoms with van der Waals surface area (Å²) in [5, 5.41) is 0. The van der Waals surface area contributed by atoms with Gasteiger partial charge in [0.15, 0.2) is 0 Å². The highest BCUT2D eigenvalue weighted by atomic mass is 127. The molecule has 0 spiro atoms. The van der Waals surface area contributed by atoms with Crippen molar-refractivity contribution >= 4 is 34.7 Å². The standard InChI is InChI=1S/C24H38INO5/c1-7-10-14-29-21-13-12-19(25)16-18(21)17-20(22(27)30-15-11-8-2)26(9-3)23(28)31-24(4,5)6/h12-13,16,20H,7-11,14-15,17H2,1-6H3/t20-/m0/s1. The van der Waals surface area contributed by atoms with Crippen molar-refractivity contribution in [3.8, 4) is 5.75 Å². The first-order valence-electron chi connectivity index (χ1n) is 11.2. The number of rotatable bonds is 12. The molecule has 0 aromatic heterocycles. The number of ether oxygens (including phenoxy) is 3. The van der Waals surface area contributed by atoms with Crippen molar-refractivity contribution in [1.82, 2.24) is 4.90 Å². The molecule has 1 aromatic rings. The van der Waals surface area contributed by atoms with Gasteiger partial charge in [0.1, 0.15) is 17.4 Å². The number of carbonyl (C=O) groups excluding carboxylic acids is 2. The predicted octanol–water partition coefficient (Wildman–Crippen LogP) is 5.98. The van der Waals surface area contributed by atoms with Crippen molar-refractivity contribution in [3.63, 3.8) is 0 Å². The summed E-state index contributed by atoms with van der Waals surface area (Å²) in [5.74, 6) is 0.319. The number of hydrogen-bond donors (Lipinski definition) is 0. The highest BCUT2D eigenvalue weighted by Gasteiger charge is 2.34. The lowest BCUT2D eigenvalue weighted by Gasteiger charge is -2.32. The molecule has 0 aliphatic heterocycles. The summed E-state index contributed by atoms with van der Waals surface area (Å²) < 4.78 is 18.1. The molecule has 0 aliphatic carbocycles. The maximum atomic E-state index is 13.0. The molecule has 0 bridgehead atoms. The van der Waals surface area contributed by atoms with E-state index < -0.39 is 23.7 Å². The molecule has 0 saturated heterocycles. The number of amides is 1.